The number of benzene rings is 1. The van der Waals surface area contributed by atoms with Crippen LogP contribution in [0.25, 0.3) is 0 Å². The topological polar surface area (TPSA) is 96.0 Å². The number of amides is 2. The van der Waals surface area contributed by atoms with Gasteiger partial charge in [-0.1, -0.05) is 17.7 Å². The highest BCUT2D eigenvalue weighted by Crippen LogP contribution is 2.36. The van der Waals surface area contributed by atoms with Crippen molar-refractivity contribution in [2.75, 3.05) is 37.7 Å². The Balaban J connectivity index is 1.39. The van der Waals surface area contributed by atoms with E-state index >= 15 is 0 Å². The van der Waals surface area contributed by atoms with Crippen molar-refractivity contribution in [3.63, 3.8) is 0 Å². The molecule has 3 aliphatic rings. The highest BCUT2D eigenvalue weighted by Gasteiger charge is 2.42. The van der Waals surface area contributed by atoms with Crippen LogP contribution in [0.5, 0.6) is 5.75 Å². The molecule has 1 unspecified atom stereocenters. The summed E-state index contributed by atoms with van der Waals surface area (Å²) in [5, 5.41) is 3.10. The van der Waals surface area contributed by atoms with Gasteiger partial charge in [-0.15, -0.1) is 0 Å². The van der Waals surface area contributed by atoms with Gasteiger partial charge in [-0.25, -0.2) is 8.42 Å². The summed E-state index contributed by atoms with van der Waals surface area (Å²) < 4.78 is 29.7. The van der Waals surface area contributed by atoms with Gasteiger partial charge in [-0.05, 0) is 19.4 Å². The van der Waals surface area contributed by atoms with E-state index in [1.54, 1.807) is 6.92 Å². The third-order valence-corrected chi connectivity index (χ3v) is 8.40. The number of nitrogens with zero attached hydrogens (tertiary/aromatic N) is 2. The highest BCUT2D eigenvalue weighted by molar-refractivity contribution is 7.91. The van der Waals surface area contributed by atoms with Crippen LogP contribution in [0.3, 0.4) is 0 Å². The second-order valence-corrected chi connectivity index (χ2v) is 11.4. The van der Waals surface area contributed by atoms with E-state index in [0.29, 0.717) is 45.4 Å². The number of rotatable bonds is 3. The van der Waals surface area contributed by atoms with Crippen molar-refractivity contribution in [2.45, 2.75) is 51.3 Å². The van der Waals surface area contributed by atoms with Crippen LogP contribution < -0.4 is 10.1 Å². The van der Waals surface area contributed by atoms with Crippen molar-refractivity contribution in [3.8, 4) is 5.75 Å². The van der Waals surface area contributed by atoms with Crippen molar-refractivity contribution in [3.05, 3.63) is 29.3 Å². The molecule has 4 rings (SSSR count). The van der Waals surface area contributed by atoms with Gasteiger partial charge in [0.1, 0.15) is 11.4 Å². The van der Waals surface area contributed by atoms with E-state index in [2.05, 4.69) is 11.4 Å². The molecule has 0 radical (unpaired) electrons. The number of aryl methyl sites for hydroxylation is 1. The number of piperidine rings is 1. The van der Waals surface area contributed by atoms with E-state index < -0.39 is 15.4 Å². The zero-order chi connectivity index (χ0) is 22.2. The van der Waals surface area contributed by atoms with Gasteiger partial charge < -0.3 is 19.9 Å². The lowest BCUT2D eigenvalue weighted by Crippen LogP contribution is -2.56. The molecule has 1 atom stereocenters. The van der Waals surface area contributed by atoms with E-state index in [-0.39, 0.29) is 35.9 Å². The highest BCUT2D eigenvalue weighted by atomic mass is 32.2. The number of carbonyl (C=O) groups excluding carboxylic acids is 2. The number of nitrogens with one attached hydrogen (secondary N) is 1. The van der Waals surface area contributed by atoms with Gasteiger partial charge in [0, 0.05) is 51.0 Å². The van der Waals surface area contributed by atoms with Crippen LogP contribution in [0.1, 0.15) is 37.3 Å². The van der Waals surface area contributed by atoms with Crippen molar-refractivity contribution in [1.82, 2.24) is 15.1 Å². The molecule has 2 fully saturated rings. The summed E-state index contributed by atoms with van der Waals surface area (Å²) in [6.07, 6.45) is 1.85. The lowest BCUT2D eigenvalue weighted by Gasteiger charge is -2.42. The lowest BCUT2D eigenvalue weighted by atomic mass is 9.90. The molecule has 0 aromatic heterocycles. The summed E-state index contributed by atoms with van der Waals surface area (Å²) in [5.41, 5.74) is 1.64. The van der Waals surface area contributed by atoms with Crippen LogP contribution >= 0.6 is 0 Å². The molecule has 1 N–H and O–H groups in total. The SMILES string of the molecule is CC(=O)N1Cc2cc(C)ccc2OC2(CCN(C(=O)CNC3CCS(=O)(=O)C3)CC2)C1. The molecule has 0 bridgehead atoms. The fraction of sp³-hybridized carbons (Fsp3) is 0.636. The molecule has 31 heavy (non-hydrogen) atoms. The molecule has 3 heterocycles. The Morgan fingerprint density at radius 2 is 1.97 bits per heavy atom. The van der Waals surface area contributed by atoms with E-state index in [4.69, 9.17) is 4.74 Å². The van der Waals surface area contributed by atoms with Gasteiger partial charge in [-0.3, -0.25) is 9.59 Å². The predicted octanol–water partition coefficient (Wildman–Crippen LogP) is 0.874. The van der Waals surface area contributed by atoms with Crippen LogP contribution in [0.4, 0.5) is 0 Å². The fourth-order valence-electron chi connectivity index (χ4n) is 4.75. The molecule has 0 aliphatic carbocycles. The van der Waals surface area contributed by atoms with E-state index in [0.717, 1.165) is 16.9 Å². The Morgan fingerprint density at radius 1 is 1.23 bits per heavy atom. The quantitative estimate of drug-likeness (QED) is 0.736. The van der Waals surface area contributed by atoms with Crippen molar-refractivity contribution < 1.29 is 22.7 Å². The number of sulfone groups is 1. The third kappa shape index (κ3) is 5.03. The second kappa shape index (κ2) is 8.43. The molecular weight excluding hydrogens is 418 g/mol. The zero-order valence-corrected chi connectivity index (χ0v) is 19.0. The number of hydrogen-bond acceptors (Lipinski definition) is 6. The van der Waals surface area contributed by atoms with E-state index in [1.807, 2.05) is 28.9 Å². The molecule has 2 saturated heterocycles. The monoisotopic (exact) mass is 449 g/mol. The molecule has 1 spiro atoms. The van der Waals surface area contributed by atoms with Crippen molar-refractivity contribution >= 4 is 21.7 Å². The molecule has 9 heteroatoms. The first-order valence-corrected chi connectivity index (χ1v) is 12.7. The maximum Gasteiger partial charge on any atom is 0.236 e. The van der Waals surface area contributed by atoms with Crippen molar-refractivity contribution in [1.29, 1.82) is 0 Å². The number of likely N-dealkylation sites (tertiary alicyclic amines) is 1. The van der Waals surface area contributed by atoms with Gasteiger partial charge in [0.15, 0.2) is 9.84 Å². The molecule has 0 saturated carbocycles. The average molecular weight is 450 g/mol. The smallest absolute Gasteiger partial charge is 0.236 e. The van der Waals surface area contributed by atoms with Gasteiger partial charge in [0.2, 0.25) is 11.8 Å². The van der Waals surface area contributed by atoms with Gasteiger partial charge >= 0.3 is 0 Å². The molecule has 1 aromatic rings. The lowest BCUT2D eigenvalue weighted by molar-refractivity contribution is -0.138. The summed E-state index contributed by atoms with van der Waals surface area (Å²) in [4.78, 5) is 28.6. The number of carbonyl (C=O) groups is 2. The van der Waals surface area contributed by atoms with Gasteiger partial charge in [0.25, 0.3) is 0 Å². The maximum absolute atomic E-state index is 12.7. The first kappa shape index (κ1) is 22.1. The minimum absolute atomic E-state index is 0.0200. The van der Waals surface area contributed by atoms with Crippen LogP contribution in [-0.2, 0) is 26.0 Å². The molecule has 1 aromatic carbocycles. The summed E-state index contributed by atoms with van der Waals surface area (Å²) in [6, 6.07) is 5.92. The zero-order valence-electron chi connectivity index (χ0n) is 18.2. The molecular formula is C22H31N3O5S. The summed E-state index contributed by atoms with van der Waals surface area (Å²) in [5.74, 6) is 1.12. The third-order valence-electron chi connectivity index (χ3n) is 6.63. The van der Waals surface area contributed by atoms with Crippen LogP contribution in [-0.4, -0.2) is 79.4 Å². The minimum Gasteiger partial charge on any atom is -0.485 e. The standard InChI is InChI=1S/C22H31N3O5S/c1-16-3-4-20-18(11-16)13-25(17(2)26)15-22(30-20)6-8-24(9-7-22)21(27)12-23-19-5-10-31(28,29)14-19/h3-4,11,19,23H,5-10,12-15H2,1-2H3. The number of ether oxygens (including phenoxy) is 1. The summed E-state index contributed by atoms with van der Waals surface area (Å²) in [7, 11) is -2.97. The minimum atomic E-state index is -2.97. The van der Waals surface area contributed by atoms with Crippen LogP contribution in [0.2, 0.25) is 0 Å². The van der Waals surface area contributed by atoms with Crippen molar-refractivity contribution in [2.24, 2.45) is 0 Å². The Labute approximate surface area is 183 Å². The largest absolute Gasteiger partial charge is 0.485 e. The number of fused-ring (bicyclic) bond motifs is 1. The van der Waals surface area contributed by atoms with E-state index in [9.17, 15) is 18.0 Å². The first-order valence-electron chi connectivity index (χ1n) is 10.9. The number of hydrogen-bond donors (Lipinski definition) is 1. The average Bonchev–Trinajstić information content (AvgIpc) is 2.98. The van der Waals surface area contributed by atoms with E-state index in [1.165, 1.54) is 0 Å². The fourth-order valence-corrected chi connectivity index (χ4v) is 6.46. The second-order valence-electron chi connectivity index (χ2n) is 9.13. The summed E-state index contributed by atoms with van der Waals surface area (Å²) >= 11 is 0. The van der Waals surface area contributed by atoms with Gasteiger partial charge in [-0.2, -0.15) is 0 Å². The normalized spacial score (nSPS) is 24.4. The first-order chi connectivity index (χ1) is 14.6. The Hall–Kier alpha value is -2.13. The molecule has 8 nitrogen and oxygen atoms in total. The predicted molar refractivity (Wildman–Crippen MR) is 117 cm³/mol. The van der Waals surface area contributed by atoms with Crippen LogP contribution in [0, 0.1) is 6.92 Å². The Bertz CT molecular complexity index is 969. The Kier molecular flexibility index (Phi) is 6.00. The molecule has 2 amide bonds. The maximum atomic E-state index is 12.7. The van der Waals surface area contributed by atoms with Gasteiger partial charge in [0.05, 0.1) is 24.6 Å². The summed E-state index contributed by atoms with van der Waals surface area (Å²) in [6.45, 7) is 5.91. The molecule has 170 valence electrons. The van der Waals surface area contributed by atoms with Crippen LogP contribution in [0.15, 0.2) is 18.2 Å². The molecule has 3 aliphatic heterocycles. The Morgan fingerprint density at radius 3 is 2.61 bits per heavy atom.